The van der Waals surface area contributed by atoms with Crippen LogP contribution in [0.3, 0.4) is 0 Å². The molecule has 6 aromatic rings. The molecule has 7 rings (SSSR count). The summed E-state index contributed by atoms with van der Waals surface area (Å²) in [5, 5.41) is 53.9. The fourth-order valence-corrected chi connectivity index (χ4v) is 6.90. The molecule has 1 saturated heterocycles. The third-order valence-electron chi connectivity index (χ3n) is 10.0. The zero-order chi connectivity index (χ0) is 68.3. The molecule has 478 valence electrons. The first-order chi connectivity index (χ1) is 41.8. The number of ether oxygens (including phenoxy) is 7. The van der Waals surface area contributed by atoms with Crippen LogP contribution in [-0.2, 0) is 27.4 Å². The third-order valence-corrected chi connectivity index (χ3v) is 10.6. The van der Waals surface area contributed by atoms with Gasteiger partial charge in [-0.25, -0.2) is 26.3 Å². The number of aromatic hydroxyl groups is 1. The fourth-order valence-electron chi connectivity index (χ4n) is 6.29. The SMILES string of the molecule is C=C1CC(=O)O1.COc1cc(C)[nH]c(=O)c1CN.COc1cc(C)nc(OC)c1C#N.COc1cc(C)nc(OC)c1CNC(=O)OC(C)(C)C.Cc1cc(=O)c(C#N)c(N)o1.Cc1cc(Cl)c(C#N)c(Cl)n1.Cc1cc(O)c(C#N)c(=O)[nH]1.Cl.[C-]#[N+]CC#N. The highest BCUT2D eigenvalue weighted by atomic mass is 35.5. The van der Waals surface area contributed by atoms with Crippen LogP contribution < -0.4 is 57.0 Å². The second-order valence-corrected chi connectivity index (χ2v) is 19.0. The molecule has 28 nitrogen and oxygen atoms in total. The first-order valence-electron chi connectivity index (χ1n) is 25.3. The van der Waals surface area contributed by atoms with Crippen LogP contribution in [0.5, 0.6) is 34.8 Å². The van der Waals surface area contributed by atoms with E-state index in [0.717, 1.165) is 17.1 Å². The molecule has 7 heterocycles. The number of carbonyl (C=O) groups is 2. The zero-order valence-corrected chi connectivity index (χ0v) is 53.9. The monoisotopic (exact) mass is 1300 g/mol. The first-order valence-corrected chi connectivity index (χ1v) is 26.1. The number of nitrogens with one attached hydrogen (secondary N) is 3. The average molecular weight is 1300 g/mol. The molecule has 0 atom stereocenters. The van der Waals surface area contributed by atoms with E-state index in [1.807, 2.05) is 26.0 Å². The number of nitrogens with two attached hydrogens (primary N) is 2. The van der Waals surface area contributed by atoms with E-state index in [-0.39, 0.29) is 77.0 Å². The summed E-state index contributed by atoms with van der Waals surface area (Å²) in [4.78, 5) is 74.5. The van der Waals surface area contributed by atoms with Crippen LogP contribution in [0.25, 0.3) is 4.85 Å². The summed E-state index contributed by atoms with van der Waals surface area (Å²) in [6.45, 7) is 25.6. The molecule has 0 radical (unpaired) electrons. The lowest BCUT2D eigenvalue weighted by molar-refractivity contribution is -0.148. The number of rotatable bonds is 8. The highest BCUT2D eigenvalue weighted by Crippen LogP contribution is 2.28. The minimum Gasteiger partial charge on any atom is -0.506 e. The number of aryl methyl sites for hydroxylation is 6. The average Bonchev–Trinajstić information content (AvgIpc) is 3.04. The van der Waals surface area contributed by atoms with Crippen LogP contribution in [0.4, 0.5) is 10.7 Å². The van der Waals surface area contributed by atoms with Crippen molar-refractivity contribution in [2.45, 2.75) is 87.4 Å². The summed E-state index contributed by atoms with van der Waals surface area (Å²) in [5.74, 6) is 2.84. The van der Waals surface area contributed by atoms with Crippen LogP contribution >= 0.6 is 35.6 Å². The zero-order valence-electron chi connectivity index (χ0n) is 51.6. The van der Waals surface area contributed by atoms with Crippen molar-refractivity contribution in [3.63, 3.8) is 0 Å². The lowest BCUT2D eigenvalue weighted by Gasteiger charge is -2.20. The maximum Gasteiger partial charge on any atom is 0.407 e. The molecule has 0 unspecified atom stereocenters. The Morgan fingerprint density at radius 1 is 0.733 bits per heavy atom. The van der Waals surface area contributed by atoms with E-state index in [2.05, 4.69) is 46.4 Å². The maximum atomic E-state index is 11.7. The molecule has 8 N–H and O–H groups in total. The lowest BCUT2D eigenvalue weighted by Crippen LogP contribution is -2.32. The molecule has 0 aliphatic carbocycles. The van der Waals surface area contributed by atoms with Gasteiger partial charge in [-0.1, -0.05) is 29.8 Å². The second kappa shape index (κ2) is 41.3. The quantitative estimate of drug-likeness (QED) is 0.0360. The number of methoxy groups -OCH3 is 5. The van der Waals surface area contributed by atoms with Crippen LogP contribution in [0.15, 0.2) is 67.5 Å². The third kappa shape index (κ3) is 28.6. The Morgan fingerprint density at radius 2 is 1.22 bits per heavy atom. The highest BCUT2D eigenvalue weighted by Gasteiger charge is 2.20. The number of nitrogens with zero attached hydrogens (tertiary/aromatic N) is 9. The second-order valence-electron chi connectivity index (χ2n) is 18.2. The molecule has 1 fully saturated rings. The first kappa shape index (κ1) is 81.2. The van der Waals surface area contributed by atoms with E-state index in [9.17, 15) is 24.0 Å². The number of aromatic amines is 2. The van der Waals surface area contributed by atoms with Crippen molar-refractivity contribution in [3.8, 4) is 65.1 Å². The van der Waals surface area contributed by atoms with Crippen LogP contribution in [-0.4, -0.2) is 89.8 Å². The largest absolute Gasteiger partial charge is 0.506 e. The Kier molecular flexibility index (Phi) is 37.3. The van der Waals surface area contributed by atoms with Crippen molar-refractivity contribution >= 4 is 53.6 Å². The standard InChI is InChI=1S/C14H22N2O4.C9H10N2O2.C8H12N2O2.C7H4Cl2N2.2C7H6N2O2.C4H4O2.C3H2N2.ClH/c1-9-7-11(18-5)10(12(16-9)19-6)8-15-13(17)20-14(2,3)4;1-6-4-8(12-2)7(5-10)9(11-6)13-3;1-5-3-7(12-2)6(4-9)8(11)10-5;1-4-2-6(8)5(3-10)7(9)11-4;1-4-2-6(10)5(3-8)7(9)11-4;1-4-2-6(10)5(3-8)7(11)9-4;1-3-2-4(5)6-3;1-5-3-2-4;/h7H,8H2,1-6H3,(H,15,17);4H,1-3H3;3H,4,9H2,1-2H3,(H,10,11);2H,1H3;2H,9H2,1H3;2H,1H3,(H2,9,10,11);1-2H2;3H2;1H. The predicted octanol–water partition coefficient (Wildman–Crippen LogP) is 8.39. The molecule has 6 aromatic heterocycles. The summed E-state index contributed by atoms with van der Waals surface area (Å²) >= 11 is 11.3. The Morgan fingerprint density at radius 3 is 1.62 bits per heavy atom. The minimum absolute atomic E-state index is 0. The van der Waals surface area contributed by atoms with Gasteiger partial charge in [-0.3, -0.25) is 19.2 Å². The summed E-state index contributed by atoms with van der Waals surface area (Å²) in [7, 11) is 7.59. The van der Waals surface area contributed by atoms with Crippen molar-refractivity contribution in [2.75, 3.05) is 47.8 Å². The molecule has 1 aliphatic heterocycles. The summed E-state index contributed by atoms with van der Waals surface area (Å²) < 4.78 is 39.8. The Bertz CT molecular complexity index is 3720. The summed E-state index contributed by atoms with van der Waals surface area (Å²) in [5.41, 5.74) is 13.9. The number of hydrogen-bond donors (Lipinski definition) is 6. The number of pyridine rings is 5. The molecule has 1 aliphatic rings. The maximum absolute atomic E-state index is 11.7. The van der Waals surface area contributed by atoms with E-state index in [1.165, 1.54) is 40.6 Å². The Labute approximate surface area is 535 Å². The van der Waals surface area contributed by atoms with Gasteiger partial charge >= 0.3 is 12.1 Å². The van der Waals surface area contributed by atoms with Gasteiger partial charge in [0, 0.05) is 59.3 Å². The van der Waals surface area contributed by atoms with Gasteiger partial charge in [0.2, 0.25) is 23.1 Å². The lowest BCUT2D eigenvalue weighted by atomic mass is 10.2. The van der Waals surface area contributed by atoms with E-state index in [1.54, 1.807) is 98.0 Å². The Balaban J connectivity index is 0. The van der Waals surface area contributed by atoms with Crippen LogP contribution in [0.1, 0.15) is 94.8 Å². The van der Waals surface area contributed by atoms with Gasteiger partial charge in [0.25, 0.3) is 17.7 Å². The van der Waals surface area contributed by atoms with E-state index in [4.69, 9.17) is 105 Å². The molecule has 0 bridgehead atoms. The van der Waals surface area contributed by atoms with Crippen LogP contribution in [0, 0.1) is 105 Å². The van der Waals surface area contributed by atoms with E-state index >= 15 is 0 Å². The fraction of sp³-hybridized carbons (Fsp3) is 0.322. The number of anilines is 1. The number of hydrogen-bond acceptors (Lipinski definition) is 24. The number of esters is 1. The van der Waals surface area contributed by atoms with Gasteiger partial charge in [0.05, 0.1) is 58.2 Å². The number of nitrogen functional groups attached to an aromatic ring is 1. The van der Waals surface area contributed by atoms with Gasteiger partial charge in [-0.2, -0.15) is 26.3 Å². The van der Waals surface area contributed by atoms with Gasteiger partial charge in [-0.05, 0) is 74.4 Å². The number of nitriles is 5. The molecule has 90 heavy (non-hydrogen) atoms. The van der Waals surface area contributed by atoms with E-state index < -0.39 is 22.7 Å². The summed E-state index contributed by atoms with van der Waals surface area (Å²) in [6.07, 6.45) is -0.0813. The van der Waals surface area contributed by atoms with Crippen molar-refractivity contribution in [1.82, 2.24) is 30.2 Å². The number of amides is 1. The normalized spacial score (nSPS) is 9.94. The number of carbonyl (C=O) groups excluding carboxylic acids is 2. The molecule has 0 spiro atoms. The molecule has 1 amide bonds. The number of halogens is 3. The number of H-pyrrole nitrogens is 2. The van der Waals surface area contributed by atoms with Gasteiger partial charge < -0.3 is 74.3 Å². The predicted molar refractivity (Wildman–Crippen MR) is 333 cm³/mol. The van der Waals surface area contributed by atoms with Gasteiger partial charge in [0.15, 0.2) is 16.7 Å². The molecular weight excluding hydrogens is 1240 g/mol. The number of aromatic nitrogens is 5. The number of cyclic esters (lactones) is 1. The van der Waals surface area contributed by atoms with Crippen molar-refractivity contribution in [1.29, 1.82) is 26.3 Å². The Hall–Kier alpha value is -10.9. The minimum atomic E-state index is -0.551. The molecule has 0 aromatic carbocycles. The van der Waals surface area contributed by atoms with Gasteiger partial charge in [0.1, 0.15) is 87.6 Å². The summed E-state index contributed by atoms with van der Waals surface area (Å²) in [6, 6.07) is 18.2. The molecular formula is C59H67Cl3N14O14. The van der Waals surface area contributed by atoms with Crippen LogP contribution in [0.2, 0.25) is 10.2 Å². The van der Waals surface area contributed by atoms with Crippen molar-refractivity contribution in [3.05, 3.63) is 169 Å². The highest BCUT2D eigenvalue weighted by molar-refractivity contribution is 6.35. The molecule has 0 saturated carbocycles. The topological polar surface area (TPSA) is 441 Å². The van der Waals surface area contributed by atoms with E-state index in [0.29, 0.717) is 80.0 Å². The number of alkyl carbamates (subject to hydrolysis) is 1. The molecule has 31 heteroatoms. The smallest absolute Gasteiger partial charge is 0.407 e. The van der Waals surface area contributed by atoms with Crippen molar-refractivity contribution < 1.29 is 52.3 Å². The van der Waals surface area contributed by atoms with Gasteiger partial charge in [-0.15, -0.1) is 12.4 Å². The van der Waals surface area contributed by atoms with Crippen molar-refractivity contribution in [2.24, 2.45) is 5.73 Å².